The molecule has 0 radical (unpaired) electrons. The predicted octanol–water partition coefficient (Wildman–Crippen LogP) is 4.76. The minimum absolute atomic E-state index is 0.111. The van der Waals surface area contributed by atoms with Crippen molar-refractivity contribution in [3.63, 3.8) is 0 Å². The van der Waals surface area contributed by atoms with E-state index in [0.29, 0.717) is 21.3 Å². The van der Waals surface area contributed by atoms with E-state index in [2.05, 4.69) is 4.98 Å². The third-order valence-electron chi connectivity index (χ3n) is 3.63. The summed E-state index contributed by atoms with van der Waals surface area (Å²) in [5.74, 6) is -1.18. The van der Waals surface area contributed by atoms with Crippen molar-refractivity contribution in [2.24, 2.45) is 0 Å². The van der Waals surface area contributed by atoms with E-state index >= 15 is 0 Å². The minimum atomic E-state index is -0.653. The first kappa shape index (κ1) is 16.4. The molecule has 0 aliphatic heterocycles. The van der Waals surface area contributed by atoms with Gasteiger partial charge < -0.3 is 9.84 Å². The molecular formula is C18H16FNO3S. The van der Waals surface area contributed by atoms with Crippen LogP contribution in [0.2, 0.25) is 0 Å². The quantitative estimate of drug-likeness (QED) is 0.535. The molecule has 0 fully saturated rings. The average molecular weight is 345 g/mol. The van der Waals surface area contributed by atoms with Crippen molar-refractivity contribution in [3.8, 4) is 17.0 Å². The molecule has 1 N–H and O–H groups in total. The molecule has 0 saturated heterocycles. The van der Waals surface area contributed by atoms with Gasteiger partial charge in [0.15, 0.2) is 11.4 Å². The second kappa shape index (κ2) is 6.97. The zero-order valence-corrected chi connectivity index (χ0v) is 13.9. The van der Waals surface area contributed by atoms with Crippen molar-refractivity contribution in [3.05, 3.63) is 47.2 Å². The summed E-state index contributed by atoms with van der Waals surface area (Å²) >= 11 is 1.31. The fraction of sp³-hybridized carbons (Fsp3) is 0.222. The molecule has 6 heteroatoms. The number of aromatic hydroxyl groups is 1. The molecule has 0 bridgehead atoms. The Kier molecular flexibility index (Phi) is 4.76. The van der Waals surface area contributed by atoms with E-state index in [9.17, 15) is 14.3 Å². The third-order valence-corrected chi connectivity index (χ3v) is 4.55. The first-order valence-electron chi connectivity index (χ1n) is 7.65. The van der Waals surface area contributed by atoms with E-state index in [0.717, 1.165) is 12.8 Å². The average Bonchev–Trinajstić information content (AvgIpc) is 3.07. The van der Waals surface area contributed by atoms with E-state index in [1.807, 2.05) is 18.4 Å². The molecular weight excluding hydrogens is 329 g/mol. The van der Waals surface area contributed by atoms with Crippen LogP contribution in [0.15, 0.2) is 35.7 Å². The van der Waals surface area contributed by atoms with Gasteiger partial charge in [0.1, 0.15) is 5.82 Å². The lowest BCUT2D eigenvalue weighted by Crippen LogP contribution is -2.09. The SMILES string of the molecule is CCCCOC(=O)c1nc(-c2ccc(F)cc2)c2ccsc2c1O. The highest BCUT2D eigenvalue weighted by molar-refractivity contribution is 7.17. The highest BCUT2D eigenvalue weighted by atomic mass is 32.1. The van der Waals surface area contributed by atoms with Crippen molar-refractivity contribution in [2.75, 3.05) is 6.61 Å². The Morgan fingerprint density at radius 3 is 2.75 bits per heavy atom. The summed E-state index contributed by atoms with van der Waals surface area (Å²) in [4.78, 5) is 16.6. The zero-order chi connectivity index (χ0) is 17.1. The number of ether oxygens (including phenoxy) is 1. The smallest absolute Gasteiger partial charge is 0.360 e. The molecule has 2 aromatic heterocycles. The molecule has 24 heavy (non-hydrogen) atoms. The number of benzene rings is 1. The van der Waals surface area contributed by atoms with E-state index in [1.165, 1.54) is 23.5 Å². The van der Waals surface area contributed by atoms with Crippen LogP contribution in [0.25, 0.3) is 21.3 Å². The number of thiophene rings is 1. The zero-order valence-electron chi connectivity index (χ0n) is 13.1. The van der Waals surface area contributed by atoms with Gasteiger partial charge in [-0.1, -0.05) is 13.3 Å². The standard InChI is InChI=1S/C18H16FNO3S/c1-2-3-9-23-18(22)15-16(21)17-13(8-10-24-17)14(20-15)11-4-6-12(19)7-5-11/h4-8,10,21H,2-3,9H2,1H3. The van der Waals surface area contributed by atoms with Gasteiger partial charge in [0.2, 0.25) is 0 Å². The van der Waals surface area contributed by atoms with Crippen molar-refractivity contribution in [2.45, 2.75) is 19.8 Å². The number of pyridine rings is 1. The second-order valence-corrected chi connectivity index (χ2v) is 6.23. The summed E-state index contributed by atoms with van der Waals surface area (Å²) in [5, 5.41) is 12.9. The number of rotatable bonds is 5. The summed E-state index contributed by atoms with van der Waals surface area (Å²) in [5.41, 5.74) is 1.08. The van der Waals surface area contributed by atoms with Crippen LogP contribution in [0, 0.1) is 5.82 Å². The molecule has 124 valence electrons. The van der Waals surface area contributed by atoms with Crippen molar-refractivity contribution in [1.29, 1.82) is 0 Å². The lowest BCUT2D eigenvalue weighted by Gasteiger charge is -2.10. The van der Waals surface area contributed by atoms with Crippen LogP contribution in [-0.2, 0) is 4.74 Å². The Morgan fingerprint density at radius 2 is 2.04 bits per heavy atom. The highest BCUT2D eigenvalue weighted by Gasteiger charge is 2.21. The summed E-state index contributed by atoms with van der Waals surface area (Å²) < 4.78 is 18.9. The number of unbranched alkanes of at least 4 members (excludes halogenated alkanes) is 1. The molecule has 2 heterocycles. The Labute approximate surface area is 142 Å². The molecule has 0 aliphatic carbocycles. The van der Waals surface area contributed by atoms with E-state index in [1.54, 1.807) is 12.1 Å². The number of carbonyl (C=O) groups excluding carboxylic acids is 1. The number of esters is 1. The van der Waals surface area contributed by atoms with Gasteiger partial charge in [-0.2, -0.15) is 0 Å². The number of hydrogen-bond donors (Lipinski definition) is 1. The fourth-order valence-electron chi connectivity index (χ4n) is 2.36. The Morgan fingerprint density at radius 1 is 1.29 bits per heavy atom. The van der Waals surface area contributed by atoms with E-state index in [-0.39, 0.29) is 23.9 Å². The van der Waals surface area contributed by atoms with E-state index < -0.39 is 5.97 Å². The Balaban J connectivity index is 2.09. The van der Waals surface area contributed by atoms with Gasteiger partial charge in [0.25, 0.3) is 0 Å². The molecule has 0 amide bonds. The lowest BCUT2D eigenvalue weighted by molar-refractivity contribution is 0.0490. The molecule has 3 aromatic rings. The van der Waals surface area contributed by atoms with Crippen molar-refractivity contribution >= 4 is 27.4 Å². The number of fused-ring (bicyclic) bond motifs is 1. The maximum atomic E-state index is 13.2. The van der Waals surface area contributed by atoms with Gasteiger partial charge in [-0.25, -0.2) is 14.2 Å². The summed E-state index contributed by atoms with van der Waals surface area (Å²) in [6.45, 7) is 2.28. The number of hydrogen-bond acceptors (Lipinski definition) is 5. The van der Waals surface area contributed by atoms with Gasteiger partial charge in [-0.05, 0) is 42.1 Å². The van der Waals surface area contributed by atoms with Crippen molar-refractivity contribution in [1.82, 2.24) is 4.98 Å². The monoisotopic (exact) mass is 345 g/mol. The summed E-state index contributed by atoms with van der Waals surface area (Å²) in [6, 6.07) is 7.68. The topological polar surface area (TPSA) is 59.4 Å². The number of carbonyl (C=O) groups is 1. The molecule has 0 spiro atoms. The molecule has 0 unspecified atom stereocenters. The molecule has 3 rings (SSSR count). The molecule has 0 saturated carbocycles. The van der Waals surface area contributed by atoms with Gasteiger partial charge in [0.05, 0.1) is 17.0 Å². The molecule has 4 nitrogen and oxygen atoms in total. The lowest BCUT2D eigenvalue weighted by atomic mass is 10.1. The maximum absolute atomic E-state index is 13.2. The van der Waals surface area contributed by atoms with Crippen molar-refractivity contribution < 1.29 is 19.0 Å². The third kappa shape index (κ3) is 3.10. The van der Waals surface area contributed by atoms with Crippen LogP contribution in [0.3, 0.4) is 0 Å². The summed E-state index contributed by atoms with van der Waals surface area (Å²) in [7, 11) is 0. The number of halogens is 1. The van der Waals surface area contributed by atoms with E-state index in [4.69, 9.17) is 4.74 Å². The molecule has 0 aliphatic rings. The Hall–Kier alpha value is -2.47. The first-order chi connectivity index (χ1) is 11.6. The van der Waals surface area contributed by atoms with Gasteiger partial charge in [-0.3, -0.25) is 0 Å². The molecule has 1 aromatic carbocycles. The maximum Gasteiger partial charge on any atom is 0.360 e. The van der Waals surface area contributed by atoms with Crippen LogP contribution in [0.1, 0.15) is 30.3 Å². The van der Waals surface area contributed by atoms with Crippen LogP contribution in [0.5, 0.6) is 5.75 Å². The minimum Gasteiger partial charge on any atom is -0.504 e. The van der Waals surface area contributed by atoms with Crippen LogP contribution in [0.4, 0.5) is 4.39 Å². The summed E-state index contributed by atoms with van der Waals surface area (Å²) in [6.07, 6.45) is 1.65. The number of nitrogens with zero attached hydrogens (tertiary/aromatic N) is 1. The van der Waals surface area contributed by atoms with Crippen LogP contribution >= 0.6 is 11.3 Å². The molecule has 0 atom stereocenters. The van der Waals surface area contributed by atoms with Crippen LogP contribution < -0.4 is 0 Å². The van der Waals surface area contributed by atoms with Gasteiger partial charge in [-0.15, -0.1) is 11.3 Å². The normalized spacial score (nSPS) is 10.9. The van der Waals surface area contributed by atoms with Gasteiger partial charge >= 0.3 is 5.97 Å². The predicted molar refractivity (Wildman–Crippen MR) is 91.9 cm³/mol. The Bertz CT molecular complexity index is 874. The highest BCUT2D eigenvalue weighted by Crippen LogP contribution is 2.38. The largest absolute Gasteiger partial charge is 0.504 e. The van der Waals surface area contributed by atoms with Crippen LogP contribution in [-0.4, -0.2) is 22.7 Å². The number of aromatic nitrogens is 1. The first-order valence-corrected chi connectivity index (χ1v) is 8.53. The second-order valence-electron chi connectivity index (χ2n) is 5.32. The van der Waals surface area contributed by atoms with Gasteiger partial charge in [0, 0.05) is 10.9 Å². The fourth-order valence-corrected chi connectivity index (χ4v) is 3.20.